The number of carbonyl (C=O) groups excluding carboxylic acids is 1. The monoisotopic (exact) mass is 230 g/mol. The fourth-order valence-electron chi connectivity index (χ4n) is 0.973. The van der Waals surface area contributed by atoms with Gasteiger partial charge in [0.15, 0.2) is 11.5 Å². The molecule has 0 fully saturated rings. The Bertz CT molecular complexity index is 382. The zero-order valence-corrected chi connectivity index (χ0v) is 9.09. The van der Waals surface area contributed by atoms with Gasteiger partial charge < -0.3 is 14.6 Å². The number of ether oxygens (including phenoxy) is 2. The summed E-state index contributed by atoms with van der Waals surface area (Å²) in [7, 11) is 1.26. The van der Waals surface area contributed by atoms with Gasteiger partial charge in [-0.2, -0.15) is 0 Å². The van der Waals surface area contributed by atoms with E-state index in [0.717, 1.165) is 4.88 Å². The highest BCUT2D eigenvalue weighted by Crippen LogP contribution is 2.29. The highest BCUT2D eigenvalue weighted by molar-refractivity contribution is 7.14. The molecule has 1 aromatic rings. The standard InChI is InChI=1S/C9H10O5S/c1-5-3-6(14-4-7(10)11)8(15-5)9(12)13-2/h3H,4H2,1-2H3,(H,10,11). The predicted octanol–water partition coefficient (Wildman–Crippen LogP) is 1.31. The molecule has 0 aromatic carbocycles. The number of hydrogen-bond donors (Lipinski definition) is 1. The van der Waals surface area contributed by atoms with E-state index in [1.807, 2.05) is 0 Å². The molecule has 0 saturated carbocycles. The van der Waals surface area contributed by atoms with E-state index in [4.69, 9.17) is 9.84 Å². The number of aryl methyl sites for hydroxylation is 1. The number of aliphatic carboxylic acids is 1. The van der Waals surface area contributed by atoms with Crippen LogP contribution in [0.2, 0.25) is 0 Å². The summed E-state index contributed by atoms with van der Waals surface area (Å²) >= 11 is 1.21. The van der Waals surface area contributed by atoms with Crippen molar-refractivity contribution in [1.82, 2.24) is 0 Å². The van der Waals surface area contributed by atoms with Crippen LogP contribution in [0.3, 0.4) is 0 Å². The third kappa shape index (κ3) is 2.95. The summed E-state index contributed by atoms with van der Waals surface area (Å²) in [4.78, 5) is 22.7. The maximum atomic E-state index is 11.3. The minimum atomic E-state index is -1.09. The van der Waals surface area contributed by atoms with Crippen LogP contribution in [0.15, 0.2) is 6.07 Å². The molecule has 0 spiro atoms. The number of carboxylic acid groups (broad SMARTS) is 1. The molecule has 0 bridgehead atoms. The first-order valence-electron chi connectivity index (χ1n) is 4.08. The second-order valence-electron chi connectivity index (χ2n) is 2.72. The summed E-state index contributed by atoms with van der Waals surface area (Å²) in [6.07, 6.45) is 0. The van der Waals surface area contributed by atoms with Crippen LogP contribution in [0.4, 0.5) is 0 Å². The minimum Gasteiger partial charge on any atom is -0.480 e. The number of thiophene rings is 1. The summed E-state index contributed by atoms with van der Waals surface area (Å²) in [5.41, 5.74) is 0. The number of esters is 1. The lowest BCUT2D eigenvalue weighted by Gasteiger charge is -2.02. The molecule has 5 nitrogen and oxygen atoms in total. The SMILES string of the molecule is COC(=O)c1sc(C)cc1OCC(=O)O. The average Bonchev–Trinajstić information content (AvgIpc) is 2.55. The van der Waals surface area contributed by atoms with Crippen molar-refractivity contribution in [2.45, 2.75) is 6.92 Å². The van der Waals surface area contributed by atoms with Gasteiger partial charge in [0, 0.05) is 4.88 Å². The second-order valence-corrected chi connectivity index (χ2v) is 3.98. The average molecular weight is 230 g/mol. The summed E-state index contributed by atoms with van der Waals surface area (Å²) < 4.78 is 9.49. The van der Waals surface area contributed by atoms with Crippen LogP contribution in [0, 0.1) is 6.92 Å². The topological polar surface area (TPSA) is 72.8 Å². The molecule has 0 aliphatic carbocycles. The lowest BCUT2D eigenvalue weighted by molar-refractivity contribution is -0.139. The van der Waals surface area contributed by atoms with Crippen LogP contribution in [0.5, 0.6) is 5.75 Å². The lowest BCUT2D eigenvalue weighted by Crippen LogP contribution is -2.11. The number of rotatable bonds is 4. The molecule has 0 aliphatic rings. The normalized spacial score (nSPS) is 9.73. The largest absolute Gasteiger partial charge is 0.480 e. The molecular weight excluding hydrogens is 220 g/mol. The van der Waals surface area contributed by atoms with Crippen molar-refractivity contribution in [3.05, 3.63) is 15.8 Å². The van der Waals surface area contributed by atoms with E-state index in [9.17, 15) is 9.59 Å². The van der Waals surface area contributed by atoms with Crippen molar-refractivity contribution in [1.29, 1.82) is 0 Å². The fourth-order valence-corrected chi connectivity index (χ4v) is 1.85. The van der Waals surface area contributed by atoms with Crippen molar-refractivity contribution in [3.63, 3.8) is 0 Å². The van der Waals surface area contributed by atoms with E-state index in [0.29, 0.717) is 0 Å². The summed E-state index contributed by atoms with van der Waals surface area (Å²) in [6.45, 7) is 1.32. The first kappa shape index (κ1) is 11.5. The number of hydrogen-bond acceptors (Lipinski definition) is 5. The Morgan fingerprint density at radius 3 is 2.73 bits per heavy atom. The molecule has 6 heteroatoms. The molecular formula is C9H10O5S. The van der Waals surface area contributed by atoms with E-state index in [-0.39, 0.29) is 10.6 Å². The molecule has 0 atom stereocenters. The Kier molecular flexibility index (Phi) is 3.68. The van der Waals surface area contributed by atoms with Crippen LogP contribution in [-0.4, -0.2) is 30.8 Å². The van der Waals surface area contributed by atoms with Gasteiger partial charge in [0.25, 0.3) is 0 Å². The van der Waals surface area contributed by atoms with Crippen LogP contribution in [0.1, 0.15) is 14.5 Å². The number of carbonyl (C=O) groups is 2. The minimum absolute atomic E-state index is 0.256. The van der Waals surface area contributed by atoms with Crippen LogP contribution in [-0.2, 0) is 9.53 Å². The molecule has 0 saturated heterocycles. The Balaban J connectivity index is 2.86. The van der Waals surface area contributed by atoms with Gasteiger partial charge in [-0.1, -0.05) is 0 Å². The lowest BCUT2D eigenvalue weighted by atomic mass is 10.4. The summed E-state index contributed by atoms with van der Waals surface area (Å²) in [5, 5.41) is 8.43. The van der Waals surface area contributed by atoms with Crippen molar-refractivity contribution >= 4 is 23.3 Å². The molecule has 1 heterocycles. The highest BCUT2D eigenvalue weighted by Gasteiger charge is 2.17. The molecule has 1 aromatic heterocycles. The molecule has 15 heavy (non-hydrogen) atoms. The van der Waals surface area contributed by atoms with Gasteiger partial charge in [-0.05, 0) is 13.0 Å². The zero-order valence-electron chi connectivity index (χ0n) is 8.27. The maximum absolute atomic E-state index is 11.3. The fraction of sp³-hybridized carbons (Fsp3) is 0.333. The van der Waals surface area contributed by atoms with Gasteiger partial charge >= 0.3 is 11.9 Å². The predicted molar refractivity (Wildman–Crippen MR) is 53.5 cm³/mol. The molecule has 1 N–H and O–H groups in total. The Morgan fingerprint density at radius 2 is 2.20 bits per heavy atom. The van der Waals surface area contributed by atoms with Gasteiger partial charge in [-0.25, -0.2) is 9.59 Å². The quantitative estimate of drug-likeness (QED) is 0.789. The summed E-state index contributed by atoms with van der Waals surface area (Å²) in [6, 6.07) is 1.61. The van der Waals surface area contributed by atoms with Gasteiger partial charge in [0.05, 0.1) is 7.11 Å². The Hall–Kier alpha value is -1.56. The van der Waals surface area contributed by atoms with E-state index in [1.54, 1.807) is 13.0 Å². The van der Waals surface area contributed by atoms with Gasteiger partial charge in [0.1, 0.15) is 5.75 Å². The highest BCUT2D eigenvalue weighted by atomic mass is 32.1. The van der Waals surface area contributed by atoms with Crippen LogP contribution in [0.25, 0.3) is 0 Å². The van der Waals surface area contributed by atoms with Crippen LogP contribution >= 0.6 is 11.3 Å². The second kappa shape index (κ2) is 4.79. The zero-order chi connectivity index (χ0) is 11.4. The van der Waals surface area contributed by atoms with Crippen molar-refractivity contribution in [2.75, 3.05) is 13.7 Å². The Morgan fingerprint density at radius 1 is 1.53 bits per heavy atom. The van der Waals surface area contributed by atoms with E-state index < -0.39 is 18.5 Å². The molecule has 0 amide bonds. The first-order chi connectivity index (χ1) is 7.04. The van der Waals surface area contributed by atoms with Gasteiger partial charge in [-0.3, -0.25) is 0 Å². The van der Waals surface area contributed by atoms with Crippen molar-refractivity contribution in [2.24, 2.45) is 0 Å². The Labute approximate surface area is 90.2 Å². The van der Waals surface area contributed by atoms with E-state index in [2.05, 4.69) is 4.74 Å². The van der Waals surface area contributed by atoms with Crippen molar-refractivity contribution in [3.8, 4) is 5.75 Å². The number of methoxy groups -OCH3 is 1. The molecule has 0 radical (unpaired) electrons. The third-order valence-corrected chi connectivity index (χ3v) is 2.55. The molecule has 0 unspecified atom stereocenters. The first-order valence-corrected chi connectivity index (χ1v) is 4.89. The van der Waals surface area contributed by atoms with Gasteiger partial charge in [-0.15, -0.1) is 11.3 Å². The van der Waals surface area contributed by atoms with E-state index >= 15 is 0 Å². The summed E-state index contributed by atoms with van der Waals surface area (Å²) in [5.74, 6) is -1.35. The van der Waals surface area contributed by atoms with Crippen LogP contribution < -0.4 is 4.74 Å². The van der Waals surface area contributed by atoms with Crippen molar-refractivity contribution < 1.29 is 24.2 Å². The molecule has 82 valence electrons. The smallest absolute Gasteiger partial charge is 0.351 e. The maximum Gasteiger partial charge on any atom is 0.351 e. The van der Waals surface area contributed by atoms with Gasteiger partial charge in [0.2, 0.25) is 0 Å². The number of carboxylic acids is 1. The molecule has 0 aliphatic heterocycles. The van der Waals surface area contributed by atoms with E-state index in [1.165, 1.54) is 18.4 Å². The molecule has 1 rings (SSSR count). The third-order valence-electron chi connectivity index (χ3n) is 1.54.